The number of carbonyl (C=O) groups is 2. The predicted molar refractivity (Wildman–Crippen MR) is 190 cm³/mol. The maximum Gasteiger partial charge on any atom is 0.407 e. The lowest BCUT2D eigenvalue weighted by Gasteiger charge is -2.52. The number of hydrogen-bond acceptors (Lipinski definition) is 7. The number of nitrogens with two attached hydrogens (primary N) is 1. The Labute approximate surface area is 289 Å². The summed E-state index contributed by atoms with van der Waals surface area (Å²) in [6.45, 7) is 13.4. The minimum absolute atomic E-state index is 0.157. The van der Waals surface area contributed by atoms with Gasteiger partial charge in [-0.25, -0.2) is 9.48 Å². The quantitative estimate of drug-likeness (QED) is 0.267. The van der Waals surface area contributed by atoms with Crippen LogP contribution in [0.25, 0.3) is 11.3 Å². The number of ether oxygens (including phenoxy) is 1. The number of carboxylic acid groups (broad SMARTS) is 1. The van der Waals surface area contributed by atoms with E-state index in [-0.39, 0.29) is 11.5 Å². The van der Waals surface area contributed by atoms with E-state index in [9.17, 15) is 14.7 Å². The Morgan fingerprint density at radius 2 is 1.65 bits per heavy atom. The molecule has 5 heterocycles. The van der Waals surface area contributed by atoms with Crippen molar-refractivity contribution < 1.29 is 19.4 Å². The second kappa shape index (κ2) is 13.7. The highest BCUT2D eigenvalue weighted by Gasteiger charge is 2.42. The summed E-state index contributed by atoms with van der Waals surface area (Å²) in [6, 6.07) is 18.6. The van der Waals surface area contributed by atoms with Gasteiger partial charge in [-0.3, -0.25) is 9.69 Å². The number of para-hydroxylation sites is 1. The largest absolute Gasteiger partial charge is 0.465 e. The number of nitrogens with zero attached hydrogens (tertiary/aromatic N) is 5. The normalized spacial score (nSPS) is 24.1. The zero-order chi connectivity index (χ0) is 34.3. The number of nitrogens with one attached hydrogen (secondary N) is 1. The van der Waals surface area contributed by atoms with Crippen LogP contribution in [0.1, 0.15) is 69.3 Å². The number of hydrogen-bond donors (Lipinski definition) is 3. The van der Waals surface area contributed by atoms with Crippen molar-refractivity contribution in [2.75, 3.05) is 51.1 Å². The number of anilines is 1. The molecule has 2 amide bonds. The lowest BCUT2D eigenvalue weighted by molar-refractivity contribution is -0.0216. The first-order valence-electron chi connectivity index (χ1n) is 18.0. The number of piperidine rings is 2. The van der Waals surface area contributed by atoms with Crippen LogP contribution in [-0.2, 0) is 0 Å². The van der Waals surface area contributed by atoms with E-state index in [1.807, 2.05) is 54.6 Å². The van der Waals surface area contributed by atoms with Gasteiger partial charge < -0.3 is 30.7 Å². The Kier molecular flexibility index (Phi) is 9.32. The molecule has 11 nitrogen and oxygen atoms in total. The van der Waals surface area contributed by atoms with Crippen LogP contribution in [0.3, 0.4) is 0 Å². The molecule has 3 aromatic rings. The van der Waals surface area contributed by atoms with Gasteiger partial charge in [0, 0.05) is 49.7 Å². The van der Waals surface area contributed by atoms with Gasteiger partial charge in [0.1, 0.15) is 28.6 Å². The molecule has 262 valence electrons. The Bertz CT molecular complexity index is 1620. The molecule has 4 aliphatic heterocycles. The van der Waals surface area contributed by atoms with Crippen LogP contribution in [0.4, 0.5) is 10.6 Å². The maximum absolute atomic E-state index is 12.8. The number of fused-ring (bicyclic) bond motifs is 1. The topological polar surface area (TPSA) is 129 Å². The molecular formula is C38H51N7O4. The van der Waals surface area contributed by atoms with Crippen molar-refractivity contribution in [2.45, 2.75) is 71.0 Å². The van der Waals surface area contributed by atoms with E-state index in [4.69, 9.17) is 15.6 Å². The second-order valence-electron chi connectivity index (χ2n) is 15.6. The maximum atomic E-state index is 12.8. The molecule has 0 bridgehead atoms. The summed E-state index contributed by atoms with van der Waals surface area (Å²) in [5.41, 5.74) is 8.05. The summed E-state index contributed by atoms with van der Waals surface area (Å²) >= 11 is 0. The van der Waals surface area contributed by atoms with Crippen molar-refractivity contribution in [3.8, 4) is 22.8 Å². The van der Waals surface area contributed by atoms with Gasteiger partial charge in [-0.2, -0.15) is 5.10 Å². The monoisotopic (exact) mass is 669 g/mol. The van der Waals surface area contributed by atoms with Gasteiger partial charge >= 0.3 is 6.09 Å². The predicted octanol–water partition coefficient (Wildman–Crippen LogP) is 6.00. The van der Waals surface area contributed by atoms with E-state index in [1.165, 1.54) is 4.90 Å². The van der Waals surface area contributed by atoms with Gasteiger partial charge in [-0.05, 0) is 99.5 Å². The van der Waals surface area contributed by atoms with E-state index in [0.717, 1.165) is 82.0 Å². The van der Waals surface area contributed by atoms with Crippen LogP contribution in [0.2, 0.25) is 0 Å². The molecule has 3 fully saturated rings. The molecule has 0 spiro atoms. The summed E-state index contributed by atoms with van der Waals surface area (Å²) in [5.74, 6) is 2.66. The second-order valence-corrected chi connectivity index (χ2v) is 15.6. The zero-order valence-corrected chi connectivity index (χ0v) is 29.1. The minimum Gasteiger partial charge on any atom is -0.465 e. The van der Waals surface area contributed by atoms with Crippen LogP contribution in [-0.4, -0.2) is 99.5 Å². The highest BCUT2D eigenvalue weighted by atomic mass is 16.5. The van der Waals surface area contributed by atoms with Crippen LogP contribution < -0.4 is 15.8 Å². The fourth-order valence-electron chi connectivity index (χ4n) is 8.77. The molecule has 49 heavy (non-hydrogen) atoms. The Hall–Kier alpha value is -4.09. The van der Waals surface area contributed by atoms with Crippen LogP contribution in [0, 0.1) is 17.3 Å². The van der Waals surface area contributed by atoms with E-state index >= 15 is 0 Å². The molecule has 0 radical (unpaired) electrons. The molecule has 3 saturated heterocycles. The zero-order valence-electron chi connectivity index (χ0n) is 29.1. The summed E-state index contributed by atoms with van der Waals surface area (Å²) < 4.78 is 8.05. The first-order valence-corrected chi connectivity index (χ1v) is 18.0. The third-order valence-electron chi connectivity index (χ3n) is 11.4. The van der Waals surface area contributed by atoms with Crippen molar-refractivity contribution in [2.24, 2.45) is 23.0 Å². The standard InChI is InChI=1S/C38H51N7O4/c1-38(2,3)32-21-28(16-20-43(32)22-25-23-44(24-25)37(47)48)42-18-14-26(15-19-42)31-13-17-40-36-33(35(39)46)34(41-45(31)36)27-9-11-30(12-10-27)49-29-7-5-4-6-8-29/h4-12,25-26,28,31-32,40H,13-24H2,1-3H3,(H2,39,46)(H,47,48)/t28?,31?,32-/m0/s1. The van der Waals surface area contributed by atoms with Gasteiger partial charge in [0.15, 0.2) is 0 Å². The fraction of sp³-hybridized carbons (Fsp3) is 0.553. The molecule has 0 aliphatic carbocycles. The van der Waals surface area contributed by atoms with Crippen LogP contribution >= 0.6 is 0 Å². The Morgan fingerprint density at radius 1 is 0.959 bits per heavy atom. The average molecular weight is 670 g/mol. The molecular weight excluding hydrogens is 618 g/mol. The molecule has 1 aromatic heterocycles. The van der Waals surface area contributed by atoms with E-state index in [1.54, 1.807) is 0 Å². The van der Waals surface area contributed by atoms with E-state index < -0.39 is 12.0 Å². The van der Waals surface area contributed by atoms with Gasteiger partial charge in [0.2, 0.25) is 0 Å². The smallest absolute Gasteiger partial charge is 0.407 e. The van der Waals surface area contributed by atoms with Crippen molar-refractivity contribution in [1.29, 1.82) is 0 Å². The van der Waals surface area contributed by atoms with Crippen molar-refractivity contribution in [3.63, 3.8) is 0 Å². The number of rotatable bonds is 8. The first-order chi connectivity index (χ1) is 23.5. The summed E-state index contributed by atoms with van der Waals surface area (Å²) in [6.07, 6.45) is 4.68. The van der Waals surface area contributed by atoms with Crippen LogP contribution in [0.5, 0.6) is 11.5 Å². The minimum atomic E-state index is -0.798. The molecule has 2 unspecified atom stereocenters. The number of amides is 2. The number of benzene rings is 2. The number of primary amides is 1. The van der Waals surface area contributed by atoms with Crippen molar-refractivity contribution in [3.05, 3.63) is 60.2 Å². The Balaban J connectivity index is 1.01. The number of likely N-dealkylation sites (tertiary alicyclic amines) is 3. The third kappa shape index (κ3) is 7.01. The molecule has 0 saturated carbocycles. The van der Waals surface area contributed by atoms with Gasteiger partial charge in [0.05, 0.1) is 6.04 Å². The third-order valence-corrected chi connectivity index (χ3v) is 11.4. The Morgan fingerprint density at radius 3 is 2.31 bits per heavy atom. The highest BCUT2D eigenvalue weighted by Crippen LogP contribution is 2.42. The van der Waals surface area contributed by atoms with Crippen molar-refractivity contribution in [1.82, 2.24) is 24.5 Å². The lowest BCUT2D eigenvalue weighted by Crippen LogP contribution is -2.60. The summed E-state index contributed by atoms with van der Waals surface area (Å²) in [7, 11) is 0. The molecule has 7 rings (SSSR count). The highest BCUT2D eigenvalue weighted by molar-refractivity contribution is 6.03. The first kappa shape index (κ1) is 33.4. The SMILES string of the molecule is CC(C)(C)[C@@H]1CC(N2CCC(C3CCNc4c(C(N)=O)c(-c5ccc(Oc6ccccc6)cc5)nn43)CC2)CCN1CC1CN(C(=O)O)C1. The summed E-state index contributed by atoms with van der Waals surface area (Å²) in [4.78, 5) is 31.0. The molecule has 4 aliphatic rings. The molecule has 4 N–H and O–H groups in total. The van der Waals surface area contributed by atoms with E-state index in [0.29, 0.717) is 54.0 Å². The molecule has 11 heteroatoms. The summed E-state index contributed by atoms with van der Waals surface area (Å²) in [5, 5.41) is 17.8. The molecule has 3 atom stereocenters. The average Bonchev–Trinajstić information content (AvgIpc) is 3.47. The van der Waals surface area contributed by atoms with Gasteiger partial charge in [0.25, 0.3) is 5.91 Å². The molecule has 2 aromatic carbocycles. The number of aromatic nitrogens is 2. The number of carbonyl (C=O) groups excluding carboxylic acids is 1. The van der Waals surface area contributed by atoms with Gasteiger partial charge in [-0.1, -0.05) is 39.0 Å². The van der Waals surface area contributed by atoms with Crippen molar-refractivity contribution >= 4 is 17.8 Å². The fourth-order valence-corrected chi connectivity index (χ4v) is 8.77. The lowest BCUT2D eigenvalue weighted by atomic mass is 9.77. The van der Waals surface area contributed by atoms with Gasteiger partial charge in [-0.15, -0.1) is 0 Å². The van der Waals surface area contributed by atoms with Crippen LogP contribution in [0.15, 0.2) is 54.6 Å². The van der Waals surface area contributed by atoms with E-state index in [2.05, 4.69) is 40.6 Å².